The molecular weight excluding hydrogens is 212 g/mol. The molecule has 0 saturated carbocycles. The molecule has 0 aromatic carbocycles. The van der Waals surface area contributed by atoms with Crippen molar-refractivity contribution >= 4 is 11.8 Å². The van der Waals surface area contributed by atoms with Crippen LogP contribution in [0.2, 0.25) is 0 Å². The second-order valence-corrected chi connectivity index (χ2v) is 3.21. The minimum atomic E-state index is -0.357. The van der Waals surface area contributed by atoms with Crippen LogP contribution in [0.4, 0.5) is 0 Å². The number of furan rings is 1. The fourth-order valence-electron chi connectivity index (χ4n) is 1.13. The average molecular weight is 226 g/mol. The number of amides is 2. The molecular formula is C10H14N2O4. The molecule has 0 aliphatic carbocycles. The predicted molar refractivity (Wildman–Crippen MR) is 55.8 cm³/mol. The van der Waals surface area contributed by atoms with Crippen LogP contribution < -0.4 is 5.32 Å². The van der Waals surface area contributed by atoms with Crippen LogP contribution in [0.1, 0.15) is 10.6 Å². The number of rotatable bonds is 5. The molecule has 0 unspecified atom stereocenters. The Morgan fingerprint density at radius 3 is 2.88 bits per heavy atom. The van der Waals surface area contributed by atoms with E-state index < -0.39 is 0 Å². The summed E-state index contributed by atoms with van der Waals surface area (Å²) in [5.74, 6) is -0.488. The van der Waals surface area contributed by atoms with Crippen molar-refractivity contribution in [3.63, 3.8) is 0 Å². The summed E-state index contributed by atoms with van der Waals surface area (Å²) in [7, 11) is 1.50. The maximum Gasteiger partial charge on any atom is 0.289 e. The van der Waals surface area contributed by atoms with Gasteiger partial charge < -0.3 is 19.7 Å². The average Bonchev–Trinajstić information content (AvgIpc) is 2.78. The van der Waals surface area contributed by atoms with Crippen molar-refractivity contribution in [2.45, 2.75) is 0 Å². The summed E-state index contributed by atoms with van der Waals surface area (Å²) in [5.41, 5.74) is 0. The summed E-state index contributed by atoms with van der Waals surface area (Å²) in [6.07, 6.45) is 1.40. The quantitative estimate of drug-likeness (QED) is 0.706. The number of aliphatic hydroxyl groups excluding tert-OH is 1. The van der Waals surface area contributed by atoms with Crippen molar-refractivity contribution in [1.29, 1.82) is 0 Å². The second-order valence-electron chi connectivity index (χ2n) is 3.21. The van der Waals surface area contributed by atoms with Gasteiger partial charge in [0.2, 0.25) is 5.91 Å². The van der Waals surface area contributed by atoms with Gasteiger partial charge in [-0.3, -0.25) is 9.59 Å². The summed E-state index contributed by atoms with van der Waals surface area (Å²) < 4.78 is 4.92. The molecule has 6 nitrogen and oxygen atoms in total. The molecule has 1 rings (SSSR count). The Kier molecular flexibility index (Phi) is 4.53. The maximum absolute atomic E-state index is 11.6. The summed E-state index contributed by atoms with van der Waals surface area (Å²) in [6.45, 7) is -0.0112. The highest BCUT2D eigenvalue weighted by molar-refractivity contribution is 5.94. The fraction of sp³-hybridized carbons (Fsp3) is 0.400. The van der Waals surface area contributed by atoms with E-state index in [0.717, 1.165) is 0 Å². The summed E-state index contributed by atoms with van der Waals surface area (Å²) in [6, 6.07) is 3.14. The van der Waals surface area contributed by atoms with E-state index in [1.54, 1.807) is 6.07 Å². The highest BCUT2D eigenvalue weighted by Gasteiger charge is 2.16. The van der Waals surface area contributed by atoms with E-state index in [4.69, 9.17) is 9.52 Å². The van der Waals surface area contributed by atoms with Gasteiger partial charge in [-0.1, -0.05) is 0 Å². The Morgan fingerprint density at radius 2 is 2.31 bits per heavy atom. The second kappa shape index (κ2) is 5.92. The zero-order chi connectivity index (χ0) is 12.0. The predicted octanol–water partition coefficient (Wildman–Crippen LogP) is -0.540. The molecule has 0 saturated heterocycles. The molecule has 0 aliphatic rings. The molecule has 0 fully saturated rings. The van der Waals surface area contributed by atoms with Crippen LogP contribution in [0.5, 0.6) is 0 Å². The van der Waals surface area contributed by atoms with Gasteiger partial charge >= 0.3 is 0 Å². The molecule has 0 bridgehead atoms. The zero-order valence-electron chi connectivity index (χ0n) is 8.97. The normalized spacial score (nSPS) is 9.88. The molecule has 0 spiro atoms. The van der Waals surface area contributed by atoms with Crippen LogP contribution in [-0.4, -0.2) is 48.6 Å². The summed E-state index contributed by atoms with van der Waals surface area (Å²) >= 11 is 0. The lowest BCUT2D eigenvalue weighted by Gasteiger charge is -2.14. The van der Waals surface area contributed by atoms with Gasteiger partial charge in [0.05, 0.1) is 19.4 Å². The highest BCUT2D eigenvalue weighted by atomic mass is 16.3. The summed E-state index contributed by atoms with van der Waals surface area (Å²) in [4.78, 5) is 24.1. The maximum atomic E-state index is 11.6. The third-order valence-corrected chi connectivity index (χ3v) is 1.89. The van der Waals surface area contributed by atoms with E-state index in [2.05, 4.69) is 5.32 Å². The van der Waals surface area contributed by atoms with E-state index in [1.165, 1.54) is 24.3 Å². The van der Waals surface area contributed by atoms with Gasteiger partial charge in [0.1, 0.15) is 0 Å². The van der Waals surface area contributed by atoms with E-state index in [-0.39, 0.29) is 37.3 Å². The smallest absolute Gasteiger partial charge is 0.289 e. The van der Waals surface area contributed by atoms with E-state index in [1.807, 2.05) is 0 Å². The van der Waals surface area contributed by atoms with Gasteiger partial charge in [0.25, 0.3) is 5.91 Å². The monoisotopic (exact) mass is 226 g/mol. The van der Waals surface area contributed by atoms with Gasteiger partial charge in [-0.05, 0) is 12.1 Å². The first-order valence-corrected chi connectivity index (χ1v) is 4.81. The lowest BCUT2D eigenvalue weighted by atomic mass is 10.4. The van der Waals surface area contributed by atoms with Gasteiger partial charge in [-0.15, -0.1) is 0 Å². The topological polar surface area (TPSA) is 82.8 Å². The van der Waals surface area contributed by atoms with Gasteiger partial charge in [-0.2, -0.15) is 0 Å². The number of likely N-dealkylation sites (N-methyl/N-ethyl adjacent to an activating group) is 1. The molecule has 0 aliphatic heterocycles. The molecule has 0 atom stereocenters. The van der Waals surface area contributed by atoms with E-state index in [9.17, 15) is 9.59 Å². The molecule has 1 aromatic rings. The molecule has 16 heavy (non-hydrogen) atoms. The van der Waals surface area contributed by atoms with Crippen molar-refractivity contribution < 1.29 is 19.1 Å². The standard InChI is InChI=1S/C10H14N2O4/c1-12(7-9(14)11-4-5-13)10(15)8-3-2-6-16-8/h2-3,6,13H,4-5,7H2,1H3,(H,11,14). The van der Waals surface area contributed by atoms with E-state index in [0.29, 0.717) is 0 Å². The number of nitrogens with one attached hydrogen (secondary N) is 1. The first kappa shape index (κ1) is 12.3. The number of nitrogens with zero attached hydrogens (tertiary/aromatic N) is 1. The molecule has 0 radical (unpaired) electrons. The first-order chi connectivity index (χ1) is 7.65. The molecule has 1 aromatic heterocycles. The lowest BCUT2D eigenvalue weighted by molar-refractivity contribution is -0.121. The third-order valence-electron chi connectivity index (χ3n) is 1.89. The molecule has 1 heterocycles. The number of hydrogen-bond acceptors (Lipinski definition) is 4. The highest BCUT2D eigenvalue weighted by Crippen LogP contribution is 2.03. The number of hydrogen-bond donors (Lipinski definition) is 2. The SMILES string of the molecule is CN(CC(=O)NCCO)C(=O)c1ccco1. The lowest BCUT2D eigenvalue weighted by Crippen LogP contribution is -2.39. The van der Waals surface area contributed by atoms with Crippen molar-refractivity contribution in [3.8, 4) is 0 Å². The van der Waals surface area contributed by atoms with Crippen LogP contribution in [0, 0.1) is 0 Å². The molecule has 88 valence electrons. The Bertz CT molecular complexity index is 348. The Morgan fingerprint density at radius 1 is 1.56 bits per heavy atom. The van der Waals surface area contributed by atoms with Crippen LogP contribution in [0.25, 0.3) is 0 Å². The van der Waals surface area contributed by atoms with Gasteiger partial charge in [-0.25, -0.2) is 0 Å². The van der Waals surface area contributed by atoms with Crippen LogP contribution >= 0.6 is 0 Å². The number of carbonyl (C=O) groups excluding carboxylic acids is 2. The number of aliphatic hydroxyl groups is 1. The van der Waals surface area contributed by atoms with Crippen LogP contribution in [0.3, 0.4) is 0 Å². The molecule has 6 heteroatoms. The minimum absolute atomic E-state index is 0.0699. The van der Waals surface area contributed by atoms with Gasteiger partial charge in [0.15, 0.2) is 5.76 Å². The fourth-order valence-corrected chi connectivity index (χ4v) is 1.13. The van der Waals surface area contributed by atoms with Crippen molar-refractivity contribution in [3.05, 3.63) is 24.2 Å². The Hall–Kier alpha value is -1.82. The Labute approximate surface area is 92.8 Å². The van der Waals surface area contributed by atoms with Gasteiger partial charge in [0, 0.05) is 13.6 Å². The van der Waals surface area contributed by atoms with Crippen molar-refractivity contribution in [2.24, 2.45) is 0 Å². The molecule has 2 amide bonds. The molecule has 2 N–H and O–H groups in total. The largest absolute Gasteiger partial charge is 0.459 e. The van der Waals surface area contributed by atoms with E-state index >= 15 is 0 Å². The number of carbonyl (C=O) groups is 2. The van der Waals surface area contributed by atoms with Crippen molar-refractivity contribution in [1.82, 2.24) is 10.2 Å². The third kappa shape index (κ3) is 3.39. The Balaban J connectivity index is 2.43. The van der Waals surface area contributed by atoms with Crippen LogP contribution in [-0.2, 0) is 4.79 Å². The minimum Gasteiger partial charge on any atom is -0.459 e. The van der Waals surface area contributed by atoms with Crippen molar-refractivity contribution in [2.75, 3.05) is 26.7 Å². The van der Waals surface area contributed by atoms with Crippen LogP contribution in [0.15, 0.2) is 22.8 Å². The zero-order valence-corrected chi connectivity index (χ0v) is 8.97. The summed E-state index contributed by atoms with van der Waals surface area (Å²) in [5, 5.41) is 10.9. The first-order valence-electron chi connectivity index (χ1n) is 4.81.